The second kappa shape index (κ2) is 4.89. The van der Waals surface area contributed by atoms with Gasteiger partial charge in [0.25, 0.3) is 5.56 Å². The van der Waals surface area contributed by atoms with E-state index in [9.17, 15) is 9.59 Å². The Bertz CT molecular complexity index is 439. The lowest BCUT2D eigenvalue weighted by atomic mass is 10.1. The molecule has 6 nitrogen and oxygen atoms in total. The number of rotatable bonds is 4. The van der Waals surface area contributed by atoms with Crippen LogP contribution in [0.25, 0.3) is 0 Å². The van der Waals surface area contributed by atoms with Gasteiger partial charge >= 0.3 is 5.97 Å². The van der Waals surface area contributed by atoms with Crippen molar-refractivity contribution in [1.29, 1.82) is 0 Å². The number of aromatic carboxylic acids is 1. The Balaban J connectivity index is 3.14. The summed E-state index contributed by atoms with van der Waals surface area (Å²) in [5, 5.41) is 8.67. The number of carboxylic acids is 1. The molecular formula is C10H14N2O4. The minimum atomic E-state index is -1.29. The molecule has 0 aromatic carbocycles. The van der Waals surface area contributed by atoms with Crippen LogP contribution in [0.2, 0.25) is 0 Å². The lowest BCUT2D eigenvalue weighted by molar-refractivity contribution is 0.0568. The first-order chi connectivity index (χ1) is 7.47. The molecule has 0 aliphatic heterocycles. The van der Waals surface area contributed by atoms with Crippen LogP contribution in [0.4, 0.5) is 0 Å². The van der Waals surface area contributed by atoms with E-state index in [-0.39, 0.29) is 17.6 Å². The van der Waals surface area contributed by atoms with Gasteiger partial charge in [0.05, 0.1) is 0 Å². The van der Waals surface area contributed by atoms with Crippen LogP contribution in [0.1, 0.15) is 36.1 Å². The number of aromatic amines is 1. The molecule has 0 bridgehead atoms. The van der Waals surface area contributed by atoms with Crippen molar-refractivity contribution in [3.8, 4) is 0 Å². The van der Waals surface area contributed by atoms with Gasteiger partial charge in [0, 0.05) is 13.3 Å². The van der Waals surface area contributed by atoms with E-state index in [0.29, 0.717) is 5.82 Å². The monoisotopic (exact) mass is 226 g/mol. The average Bonchev–Trinajstić information content (AvgIpc) is 2.17. The van der Waals surface area contributed by atoms with Crippen molar-refractivity contribution in [2.75, 3.05) is 7.11 Å². The number of nitrogens with zero attached hydrogens (tertiary/aromatic N) is 1. The number of aromatic nitrogens is 2. The van der Waals surface area contributed by atoms with E-state index in [1.165, 1.54) is 7.11 Å². The van der Waals surface area contributed by atoms with E-state index >= 15 is 0 Å². The highest BCUT2D eigenvalue weighted by molar-refractivity contribution is 5.86. The minimum absolute atomic E-state index is 0.129. The summed E-state index contributed by atoms with van der Waals surface area (Å²) in [5.74, 6) is -0.824. The number of carboxylic acid groups (broad SMARTS) is 1. The molecule has 1 atom stereocenters. The zero-order chi connectivity index (χ0) is 12.3. The molecule has 16 heavy (non-hydrogen) atoms. The zero-order valence-electron chi connectivity index (χ0n) is 9.35. The molecule has 0 radical (unpaired) electrons. The molecule has 0 spiro atoms. The fraction of sp³-hybridized carbons (Fsp3) is 0.500. The fourth-order valence-electron chi connectivity index (χ4n) is 1.41. The molecule has 88 valence electrons. The van der Waals surface area contributed by atoms with Crippen LogP contribution >= 0.6 is 0 Å². The lowest BCUT2D eigenvalue weighted by Gasteiger charge is -2.17. The summed E-state index contributed by atoms with van der Waals surface area (Å²) in [5.41, 5.74) is -1.04. The van der Waals surface area contributed by atoms with E-state index in [4.69, 9.17) is 9.84 Å². The third kappa shape index (κ3) is 2.46. The second-order valence-electron chi connectivity index (χ2n) is 3.72. The molecule has 0 aliphatic carbocycles. The Morgan fingerprint density at radius 2 is 2.19 bits per heavy atom. The summed E-state index contributed by atoms with van der Waals surface area (Å²) in [6.07, 6.45) is 0.695. The molecule has 0 aliphatic rings. The SMILES string of the molecule is COC(c1ncc(C(=O)O)c(=O)[nH]1)C(C)C. The van der Waals surface area contributed by atoms with Gasteiger partial charge in [-0.25, -0.2) is 9.78 Å². The molecule has 1 heterocycles. The first-order valence-corrected chi connectivity index (χ1v) is 4.82. The van der Waals surface area contributed by atoms with Crippen molar-refractivity contribution in [3.05, 3.63) is 27.9 Å². The Hall–Kier alpha value is -1.69. The maximum atomic E-state index is 11.4. The van der Waals surface area contributed by atoms with E-state index < -0.39 is 11.5 Å². The number of carbonyl (C=O) groups is 1. The number of H-pyrrole nitrogens is 1. The van der Waals surface area contributed by atoms with Gasteiger partial charge in [-0.1, -0.05) is 13.8 Å². The van der Waals surface area contributed by atoms with Crippen molar-refractivity contribution < 1.29 is 14.6 Å². The molecule has 2 N–H and O–H groups in total. The van der Waals surface area contributed by atoms with Crippen LogP contribution in [0.5, 0.6) is 0 Å². The first kappa shape index (κ1) is 12.4. The average molecular weight is 226 g/mol. The van der Waals surface area contributed by atoms with Gasteiger partial charge in [-0.2, -0.15) is 0 Å². The van der Waals surface area contributed by atoms with E-state index in [0.717, 1.165) is 6.20 Å². The molecule has 1 aromatic rings. The summed E-state index contributed by atoms with van der Waals surface area (Å²) in [4.78, 5) is 28.3. The van der Waals surface area contributed by atoms with Gasteiger partial charge in [-0.3, -0.25) is 4.79 Å². The number of hydrogen-bond donors (Lipinski definition) is 2. The third-order valence-corrected chi connectivity index (χ3v) is 2.18. The van der Waals surface area contributed by atoms with Gasteiger partial charge in [-0.15, -0.1) is 0 Å². The molecular weight excluding hydrogens is 212 g/mol. The number of ether oxygens (including phenoxy) is 1. The van der Waals surface area contributed by atoms with Crippen molar-refractivity contribution in [2.45, 2.75) is 20.0 Å². The maximum Gasteiger partial charge on any atom is 0.342 e. The summed E-state index contributed by atoms with van der Waals surface area (Å²) in [6.45, 7) is 3.83. The predicted molar refractivity (Wildman–Crippen MR) is 56.4 cm³/mol. The normalized spacial score (nSPS) is 12.8. The molecule has 6 heteroatoms. The van der Waals surface area contributed by atoms with Crippen LogP contribution in [0.3, 0.4) is 0 Å². The number of nitrogens with one attached hydrogen (secondary N) is 1. The Morgan fingerprint density at radius 3 is 2.56 bits per heavy atom. The van der Waals surface area contributed by atoms with Gasteiger partial charge < -0.3 is 14.8 Å². The van der Waals surface area contributed by atoms with Crippen molar-refractivity contribution >= 4 is 5.97 Å². The van der Waals surface area contributed by atoms with Crippen LogP contribution in [0, 0.1) is 5.92 Å². The molecule has 0 saturated heterocycles. The van der Waals surface area contributed by atoms with Gasteiger partial charge in [0.1, 0.15) is 17.5 Å². The van der Waals surface area contributed by atoms with Crippen LogP contribution in [0.15, 0.2) is 11.0 Å². The molecule has 1 unspecified atom stereocenters. The highest BCUT2D eigenvalue weighted by atomic mass is 16.5. The summed E-state index contributed by atoms with van der Waals surface area (Å²) in [7, 11) is 1.51. The van der Waals surface area contributed by atoms with Gasteiger partial charge in [0.15, 0.2) is 0 Å². The fourth-order valence-corrected chi connectivity index (χ4v) is 1.41. The van der Waals surface area contributed by atoms with E-state index in [2.05, 4.69) is 9.97 Å². The molecule has 0 amide bonds. The lowest BCUT2D eigenvalue weighted by Crippen LogP contribution is -2.23. The van der Waals surface area contributed by atoms with E-state index in [1.807, 2.05) is 13.8 Å². The Morgan fingerprint density at radius 1 is 1.56 bits per heavy atom. The minimum Gasteiger partial charge on any atom is -0.477 e. The van der Waals surface area contributed by atoms with E-state index in [1.54, 1.807) is 0 Å². The maximum absolute atomic E-state index is 11.4. The Kier molecular flexibility index (Phi) is 3.78. The smallest absolute Gasteiger partial charge is 0.342 e. The highest BCUT2D eigenvalue weighted by Gasteiger charge is 2.19. The topological polar surface area (TPSA) is 92.3 Å². The second-order valence-corrected chi connectivity index (χ2v) is 3.72. The van der Waals surface area contributed by atoms with Gasteiger partial charge in [-0.05, 0) is 5.92 Å². The highest BCUT2D eigenvalue weighted by Crippen LogP contribution is 2.20. The molecule has 1 rings (SSSR count). The zero-order valence-corrected chi connectivity index (χ0v) is 9.35. The standard InChI is InChI=1S/C10H14N2O4/c1-5(2)7(16-3)8-11-4-6(10(14)15)9(13)12-8/h4-5,7H,1-3H3,(H,14,15)(H,11,12,13). The predicted octanol–water partition coefficient (Wildman–Crippen LogP) is 0.812. The van der Waals surface area contributed by atoms with Crippen LogP contribution < -0.4 is 5.56 Å². The Labute approximate surface area is 92.3 Å². The van der Waals surface area contributed by atoms with Crippen molar-refractivity contribution in [2.24, 2.45) is 5.92 Å². The van der Waals surface area contributed by atoms with Crippen molar-refractivity contribution in [3.63, 3.8) is 0 Å². The first-order valence-electron chi connectivity index (χ1n) is 4.82. The summed E-state index contributed by atoms with van der Waals surface area (Å²) >= 11 is 0. The quantitative estimate of drug-likeness (QED) is 0.792. The summed E-state index contributed by atoms with van der Waals surface area (Å²) in [6, 6.07) is 0. The largest absolute Gasteiger partial charge is 0.477 e. The third-order valence-electron chi connectivity index (χ3n) is 2.18. The molecule has 0 fully saturated rings. The summed E-state index contributed by atoms with van der Waals surface area (Å²) < 4.78 is 5.17. The molecule has 0 saturated carbocycles. The van der Waals surface area contributed by atoms with Crippen LogP contribution in [-0.2, 0) is 4.74 Å². The molecule has 1 aromatic heterocycles. The number of methoxy groups -OCH3 is 1. The number of hydrogen-bond acceptors (Lipinski definition) is 4. The van der Waals surface area contributed by atoms with Gasteiger partial charge in [0.2, 0.25) is 0 Å². The van der Waals surface area contributed by atoms with Crippen molar-refractivity contribution in [1.82, 2.24) is 9.97 Å². The van der Waals surface area contributed by atoms with Crippen LogP contribution in [-0.4, -0.2) is 28.2 Å².